The zero-order chi connectivity index (χ0) is 23.0. The Morgan fingerprint density at radius 3 is 2.42 bits per heavy atom. The minimum atomic E-state index is -0.438. The number of nitrogens with one attached hydrogen (secondary N) is 2. The molecule has 0 fully saturated rings. The fourth-order valence-corrected chi connectivity index (χ4v) is 4.55. The van der Waals surface area contributed by atoms with Gasteiger partial charge >= 0.3 is 0 Å². The maximum absolute atomic E-state index is 12.7. The zero-order valence-corrected chi connectivity index (χ0v) is 19.3. The molecule has 4 aromatic rings. The molecule has 0 aliphatic carbocycles. The van der Waals surface area contributed by atoms with Crippen LogP contribution in [0.1, 0.15) is 26.3 Å². The molecule has 0 unspecified atom stereocenters. The van der Waals surface area contributed by atoms with Gasteiger partial charge in [0.2, 0.25) is 0 Å². The number of rotatable bonds is 7. The van der Waals surface area contributed by atoms with Crippen molar-refractivity contribution in [2.45, 2.75) is 20.8 Å². The molecule has 8 nitrogen and oxygen atoms in total. The molecule has 0 radical (unpaired) electrons. The predicted molar refractivity (Wildman–Crippen MR) is 127 cm³/mol. The van der Waals surface area contributed by atoms with E-state index in [1.807, 2.05) is 54.1 Å². The molecule has 0 aliphatic heterocycles. The first-order valence-electron chi connectivity index (χ1n) is 9.94. The summed E-state index contributed by atoms with van der Waals surface area (Å²) in [5.41, 5.74) is 6.80. The van der Waals surface area contributed by atoms with Gasteiger partial charge in [0.05, 0.1) is 5.56 Å². The van der Waals surface area contributed by atoms with E-state index in [0.29, 0.717) is 21.9 Å². The minimum Gasteiger partial charge on any atom is -0.312 e. The van der Waals surface area contributed by atoms with Crippen molar-refractivity contribution in [3.05, 3.63) is 95.9 Å². The maximum atomic E-state index is 12.7. The number of amides is 2. The van der Waals surface area contributed by atoms with Crippen molar-refractivity contribution in [2.24, 2.45) is 7.05 Å². The number of hydrogen-bond donors (Lipinski definition) is 2. The van der Waals surface area contributed by atoms with Crippen LogP contribution in [0.5, 0.6) is 0 Å². The van der Waals surface area contributed by atoms with Crippen molar-refractivity contribution in [3.63, 3.8) is 0 Å². The van der Waals surface area contributed by atoms with Crippen LogP contribution in [0, 0.1) is 0 Å². The summed E-state index contributed by atoms with van der Waals surface area (Å²) in [6, 6.07) is 20.2. The Kier molecular flexibility index (Phi) is 7.38. The van der Waals surface area contributed by atoms with Gasteiger partial charge in [-0.05, 0) is 42.0 Å². The highest BCUT2D eigenvalue weighted by Crippen LogP contribution is 2.28. The lowest BCUT2D eigenvalue weighted by atomic mass is 10.1. The van der Waals surface area contributed by atoms with Gasteiger partial charge in [0.25, 0.3) is 11.8 Å². The highest BCUT2D eigenvalue weighted by atomic mass is 32.2. The second-order valence-electron chi connectivity index (χ2n) is 6.89. The fourth-order valence-electron chi connectivity index (χ4n) is 2.80. The van der Waals surface area contributed by atoms with E-state index < -0.39 is 11.8 Å². The number of carbonyl (C=O) groups is 2. The molecule has 4 rings (SSSR count). The van der Waals surface area contributed by atoms with E-state index in [9.17, 15) is 9.59 Å². The smallest absolute Gasteiger partial charge is 0.272 e. The number of carbonyl (C=O) groups excluding carboxylic acids is 2. The summed E-state index contributed by atoms with van der Waals surface area (Å²) in [5, 5.41) is 9.27. The number of hydrogen-bond acceptors (Lipinski definition) is 7. The Hall–Kier alpha value is -3.63. The van der Waals surface area contributed by atoms with Crippen LogP contribution < -0.4 is 10.9 Å². The molecule has 0 atom stereocenters. The maximum Gasteiger partial charge on any atom is 0.272 e. The van der Waals surface area contributed by atoms with Gasteiger partial charge in [0.15, 0.2) is 5.16 Å². The average molecular weight is 477 g/mol. The molecule has 2 aromatic carbocycles. The minimum absolute atomic E-state index is 0.378. The molecule has 0 aliphatic rings. The number of nitrogens with zero attached hydrogens (tertiary/aromatic N) is 4. The summed E-state index contributed by atoms with van der Waals surface area (Å²) in [7, 11) is 1.89. The Bertz CT molecular complexity index is 1250. The summed E-state index contributed by atoms with van der Waals surface area (Å²) in [4.78, 5) is 30.4. The van der Waals surface area contributed by atoms with E-state index in [-0.39, 0.29) is 0 Å². The van der Waals surface area contributed by atoms with Crippen LogP contribution in [0.25, 0.3) is 0 Å². The second-order valence-corrected chi connectivity index (χ2v) is 8.89. The topological polar surface area (TPSA) is 102 Å². The van der Waals surface area contributed by atoms with Crippen LogP contribution >= 0.6 is 23.5 Å². The Morgan fingerprint density at radius 2 is 1.70 bits per heavy atom. The van der Waals surface area contributed by atoms with E-state index >= 15 is 0 Å². The lowest BCUT2D eigenvalue weighted by Gasteiger charge is -2.10. The quantitative estimate of drug-likeness (QED) is 0.310. The van der Waals surface area contributed by atoms with Crippen LogP contribution in [-0.2, 0) is 12.8 Å². The molecular formula is C23H20N6O2S2. The van der Waals surface area contributed by atoms with Gasteiger partial charge in [-0.2, -0.15) is 0 Å². The van der Waals surface area contributed by atoms with E-state index in [1.165, 1.54) is 11.8 Å². The third-order valence-electron chi connectivity index (χ3n) is 4.52. The van der Waals surface area contributed by atoms with Gasteiger partial charge in [-0.25, -0.2) is 4.98 Å². The first-order valence-corrected chi connectivity index (χ1v) is 11.7. The summed E-state index contributed by atoms with van der Waals surface area (Å²) in [5.74, 6) is -0.141. The number of hydrazine groups is 1. The average Bonchev–Trinajstić information content (AvgIpc) is 3.27. The number of aromatic nitrogens is 4. The summed E-state index contributed by atoms with van der Waals surface area (Å²) in [6.45, 7) is 0. The molecule has 0 saturated carbocycles. The lowest BCUT2D eigenvalue weighted by Crippen LogP contribution is -2.41. The molecule has 166 valence electrons. The molecule has 2 N–H and O–H groups in total. The molecule has 0 spiro atoms. The molecule has 2 heterocycles. The normalized spacial score (nSPS) is 10.6. The molecule has 33 heavy (non-hydrogen) atoms. The number of pyridine rings is 1. The molecule has 10 heteroatoms. The molecule has 2 amide bonds. The Morgan fingerprint density at radius 1 is 0.939 bits per heavy atom. The molecule has 2 aromatic heterocycles. The second kappa shape index (κ2) is 10.8. The van der Waals surface area contributed by atoms with Crippen LogP contribution in [0.15, 0.2) is 94.3 Å². The number of thioether (sulfide) groups is 1. The van der Waals surface area contributed by atoms with Crippen molar-refractivity contribution in [3.8, 4) is 0 Å². The van der Waals surface area contributed by atoms with E-state index in [0.717, 1.165) is 15.6 Å². The van der Waals surface area contributed by atoms with Gasteiger partial charge in [-0.15, -0.1) is 10.2 Å². The molecule has 0 bridgehead atoms. The van der Waals surface area contributed by atoms with Crippen LogP contribution in [0.2, 0.25) is 0 Å². The van der Waals surface area contributed by atoms with Crippen LogP contribution in [0.3, 0.4) is 0 Å². The van der Waals surface area contributed by atoms with E-state index in [2.05, 4.69) is 26.0 Å². The van der Waals surface area contributed by atoms with Crippen molar-refractivity contribution in [2.75, 3.05) is 0 Å². The van der Waals surface area contributed by atoms with Crippen molar-refractivity contribution in [1.29, 1.82) is 0 Å². The molecule has 0 saturated heterocycles. The monoisotopic (exact) mass is 476 g/mol. The standard InChI is InChI=1S/C23H20N6O2S2/c1-29-15-25-28-23(29)32-14-16-9-11-17(12-10-16)20(30)26-27-21(31)19-8-5-13-24-22(19)33-18-6-3-2-4-7-18/h2-13,15H,14H2,1H3,(H,26,30)(H,27,31). The zero-order valence-electron chi connectivity index (χ0n) is 17.6. The van der Waals surface area contributed by atoms with Crippen molar-refractivity contribution in [1.82, 2.24) is 30.6 Å². The largest absolute Gasteiger partial charge is 0.312 e. The lowest BCUT2D eigenvalue weighted by molar-refractivity contribution is 0.0844. The van der Waals surface area contributed by atoms with Crippen LogP contribution in [0.4, 0.5) is 0 Å². The fraction of sp³-hybridized carbons (Fsp3) is 0.0870. The van der Waals surface area contributed by atoms with E-state index in [1.54, 1.807) is 48.6 Å². The third kappa shape index (κ3) is 5.99. The Balaban J connectivity index is 1.33. The summed E-state index contributed by atoms with van der Waals surface area (Å²) in [6.07, 6.45) is 3.28. The third-order valence-corrected chi connectivity index (χ3v) is 6.65. The first kappa shape index (κ1) is 22.6. The van der Waals surface area contributed by atoms with E-state index in [4.69, 9.17) is 0 Å². The van der Waals surface area contributed by atoms with Crippen LogP contribution in [-0.4, -0.2) is 31.6 Å². The van der Waals surface area contributed by atoms with Crippen molar-refractivity contribution >= 4 is 35.3 Å². The van der Waals surface area contributed by atoms with Gasteiger partial charge in [0.1, 0.15) is 11.4 Å². The van der Waals surface area contributed by atoms with Gasteiger partial charge in [-0.1, -0.05) is 53.9 Å². The van der Waals surface area contributed by atoms with Gasteiger partial charge in [0, 0.05) is 29.5 Å². The number of benzene rings is 2. The molecular weight excluding hydrogens is 456 g/mol. The Labute approximate surface area is 199 Å². The number of aryl methyl sites for hydroxylation is 1. The first-order chi connectivity index (χ1) is 16.1. The summed E-state index contributed by atoms with van der Waals surface area (Å²) >= 11 is 2.94. The highest BCUT2D eigenvalue weighted by Gasteiger charge is 2.15. The SMILES string of the molecule is Cn1cnnc1SCc1ccc(C(=O)NNC(=O)c2cccnc2Sc2ccccc2)cc1. The predicted octanol–water partition coefficient (Wildman–Crippen LogP) is 3.73. The summed E-state index contributed by atoms with van der Waals surface area (Å²) < 4.78 is 1.85. The highest BCUT2D eigenvalue weighted by molar-refractivity contribution is 7.99. The van der Waals surface area contributed by atoms with Gasteiger partial charge < -0.3 is 4.57 Å². The van der Waals surface area contributed by atoms with Crippen molar-refractivity contribution < 1.29 is 9.59 Å². The van der Waals surface area contributed by atoms with Gasteiger partial charge in [-0.3, -0.25) is 20.4 Å².